The number of H-pyrrole nitrogens is 1. The Hall–Kier alpha value is -2.60. The van der Waals surface area contributed by atoms with Crippen LogP contribution in [-0.2, 0) is 0 Å². The Morgan fingerprint density at radius 2 is 2.00 bits per heavy atom. The molecule has 0 unspecified atom stereocenters. The van der Waals surface area contributed by atoms with Crippen molar-refractivity contribution in [1.29, 1.82) is 0 Å². The van der Waals surface area contributed by atoms with E-state index in [1.165, 1.54) is 32.1 Å². The van der Waals surface area contributed by atoms with E-state index in [0.717, 1.165) is 39.9 Å². The van der Waals surface area contributed by atoms with Crippen LogP contribution in [-0.4, -0.2) is 29.5 Å². The van der Waals surface area contributed by atoms with Crippen molar-refractivity contribution >= 4 is 17.2 Å². The lowest BCUT2D eigenvalue weighted by atomic mass is 9.89. The first-order valence-corrected chi connectivity index (χ1v) is 11.1. The SMILES string of the molecule is COc1ccc(-c2nc(-c3cc(C(=O)NCC4CCCCC4)c(C)[nH]3)cs2)cc1. The van der Waals surface area contributed by atoms with Gasteiger partial charge in [0.25, 0.3) is 5.91 Å². The number of rotatable bonds is 6. The fourth-order valence-corrected chi connectivity index (χ4v) is 4.75. The number of nitrogens with one attached hydrogen (secondary N) is 2. The van der Waals surface area contributed by atoms with Gasteiger partial charge in [0, 0.05) is 23.2 Å². The molecule has 0 atom stereocenters. The summed E-state index contributed by atoms with van der Waals surface area (Å²) in [6.07, 6.45) is 6.36. The van der Waals surface area contributed by atoms with Gasteiger partial charge in [0.05, 0.1) is 24.1 Å². The van der Waals surface area contributed by atoms with Crippen LogP contribution in [0.25, 0.3) is 22.0 Å². The maximum absolute atomic E-state index is 12.7. The third-order valence-electron chi connectivity index (χ3n) is 5.65. The van der Waals surface area contributed by atoms with Gasteiger partial charge in [0.1, 0.15) is 10.8 Å². The lowest BCUT2D eigenvalue weighted by molar-refractivity contribution is 0.0943. The third-order valence-corrected chi connectivity index (χ3v) is 6.54. The van der Waals surface area contributed by atoms with E-state index in [9.17, 15) is 4.79 Å². The maximum Gasteiger partial charge on any atom is 0.253 e. The Kier molecular flexibility index (Phi) is 6.00. The number of thiazole rings is 1. The summed E-state index contributed by atoms with van der Waals surface area (Å²) in [5.41, 5.74) is 4.36. The highest BCUT2D eigenvalue weighted by atomic mass is 32.1. The Labute approximate surface area is 175 Å². The fourth-order valence-electron chi connectivity index (χ4n) is 3.92. The molecule has 2 aromatic heterocycles. The van der Waals surface area contributed by atoms with Crippen LogP contribution >= 0.6 is 11.3 Å². The Balaban J connectivity index is 1.45. The number of aryl methyl sites for hydroxylation is 1. The number of aromatic nitrogens is 2. The number of aromatic amines is 1. The zero-order valence-corrected chi connectivity index (χ0v) is 17.8. The number of methoxy groups -OCH3 is 1. The lowest BCUT2D eigenvalue weighted by Gasteiger charge is -2.21. The smallest absolute Gasteiger partial charge is 0.253 e. The van der Waals surface area contributed by atoms with Crippen molar-refractivity contribution in [3.63, 3.8) is 0 Å². The van der Waals surface area contributed by atoms with E-state index < -0.39 is 0 Å². The normalized spacial score (nSPS) is 14.7. The van der Waals surface area contributed by atoms with Crippen LogP contribution < -0.4 is 10.1 Å². The second-order valence-corrected chi connectivity index (χ2v) is 8.56. The average Bonchev–Trinajstić information content (AvgIpc) is 3.40. The summed E-state index contributed by atoms with van der Waals surface area (Å²) < 4.78 is 5.22. The Bertz CT molecular complexity index is 968. The van der Waals surface area contributed by atoms with Gasteiger partial charge < -0.3 is 15.0 Å². The molecule has 1 aromatic carbocycles. The highest BCUT2D eigenvalue weighted by molar-refractivity contribution is 7.13. The maximum atomic E-state index is 12.7. The molecule has 29 heavy (non-hydrogen) atoms. The second-order valence-electron chi connectivity index (χ2n) is 7.70. The van der Waals surface area contributed by atoms with Crippen LogP contribution in [0.1, 0.15) is 48.2 Å². The molecule has 1 amide bonds. The van der Waals surface area contributed by atoms with E-state index in [0.29, 0.717) is 11.5 Å². The van der Waals surface area contributed by atoms with Crippen LogP contribution in [0.2, 0.25) is 0 Å². The van der Waals surface area contributed by atoms with Crippen molar-refractivity contribution < 1.29 is 9.53 Å². The fraction of sp³-hybridized carbons (Fsp3) is 0.391. The van der Waals surface area contributed by atoms with Crippen LogP contribution in [0.3, 0.4) is 0 Å². The van der Waals surface area contributed by atoms with Crippen LogP contribution in [0.5, 0.6) is 5.75 Å². The van der Waals surface area contributed by atoms with Gasteiger partial charge in [-0.3, -0.25) is 4.79 Å². The number of hydrogen-bond acceptors (Lipinski definition) is 4. The summed E-state index contributed by atoms with van der Waals surface area (Å²) in [6.45, 7) is 2.72. The first-order valence-electron chi connectivity index (χ1n) is 10.2. The summed E-state index contributed by atoms with van der Waals surface area (Å²) in [5.74, 6) is 1.45. The predicted molar refractivity (Wildman–Crippen MR) is 118 cm³/mol. The minimum atomic E-state index is 0.00109. The molecule has 1 aliphatic rings. The van der Waals surface area contributed by atoms with Crippen molar-refractivity contribution in [2.45, 2.75) is 39.0 Å². The molecule has 2 N–H and O–H groups in total. The molecule has 6 heteroatoms. The number of carbonyl (C=O) groups excluding carboxylic acids is 1. The van der Waals surface area contributed by atoms with E-state index >= 15 is 0 Å². The number of ether oxygens (including phenoxy) is 1. The molecule has 0 spiro atoms. The van der Waals surface area contributed by atoms with E-state index in [1.807, 2.05) is 42.6 Å². The quantitative estimate of drug-likeness (QED) is 0.570. The summed E-state index contributed by atoms with van der Waals surface area (Å²) in [7, 11) is 1.66. The van der Waals surface area contributed by atoms with Crippen molar-refractivity contribution in [3.05, 3.63) is 47.0 Å². The molecule has 0 aliphatic heterocycles. The second kappa shape index (κ2) is 8.82. The minimum absolute atomic E-state index is 0.00109. The number of benzene rings is 1. The topological polar surface area (TPSA) is 67.0 Å². The predicted octanol–water partition coefficient (Wildman–Crippen LogP) is 5.43. The van der Waals surface area contributed by atoms with E-state index in [1.54, 1.807) is 18.4 Å². The van der Waals surface area contributed by atoms with Gasteiger partial charge in [-0.05, 0) is 56.0 Å². The number of carbonyl (C=O) groups is 1. The van der Waals surface area contributed by atoms with Crippen molar-refractivity contribution in [3.8, 4) is 27.7 Å². The number of amides is 1. The zero-order valence-electron chi connectivity index (χ0n) is 17.0. The van der Waals surface area contributed by atoms with Crippen molar-refractivity contribution in [2.24, 2.45) is 5.92 Å². The molecule has 1 aliphatic carbocycles. The average molecular weight is 410 g/mol. The van der Waals surface area contributed by atoms with Crippen molar-refractivity contribution in [2.75, 3.05) is 13.7 Å². The van der Waals surface area contributed by atoms with Gasteiger partial charge in [-0.2, -0.15) is 0 Å². The van der Waals surface area contributed by atoms with Gasteiger partial charge >= 0.3 is 0 Å². The first kappa shape index (κ1) is 19.7. The van der Waals surface area contributed by atoms with E-state index in [2.05, 4.69) is 10.3 Å². The van der Waals surface area contributed by atoms with E-state index in [4.69, 9.17) is 9.72 Å². The highest BCUT2D eigenvalue weighted by Crippen LogP contribution is 2.30. The molecular weight excluding hydrogens is 382 g/mol. The van der Waals surface area contributed by atoms with Gasteiger partial charge in [-0.15, -0.1) is 11.3 Å². The number of hydrogen-bond donors (Lipinski definition) is 2. The summed E-state index contributed by atoms with van der Waals surface area (Å²) in [4.78, 5) is 20.8. The van der Waals surface area contributed by atoms with Gasteiger partial charge in [-0.1, -0.05) is 19.3 Å². The molecule has 0 radical (unpaired) electrons. The number of nitrogens with zero attached hydrogens (tertiary/aromatic N) is 1. The molecule has 1 saturated carbocycles. The van der Waals surface area contributed by atoms with Crippen LogP contribution in [0.4, 0.5) is 0 Å². The molecule has 2 heterocycles. The standard InChI is InChI=1S/C23H27N3O2S/c1-15-19(22(27)24-13-16-6-4-3-5-7-16)12-20(25-15)21-14-29-23(26-21)17-8-10-18(28-2)11-9-17/h8-12,14,16,25H,3-7,13H2,1-2H3,(H,24,27). The summed E-state index contributed by atoms with van der Waals surface area (Å²) in [6, 6.07) is 9.80. The largest absolute Gasteiger partial charge is 0.497 e. The van der Waals surface area contributed by atoms with Crippen LogP contribution in [0, 0.1) is 12.8 Å². The van der Waals surface area contributed by atoms with E-state index in [-0.39, 0.29) is 5.91 Å². The highest BCUT2D eigenvalue weighted by Gasteiger charge is 2.18. The zero-order chi connectivity index (χ0) is 20.2. The first-order chi connectivity index (χ1) is 14.1. The minimum Gasteiger partial charge on any atom is -0.497 e. The molecule has 1 fully saturated rings. The van der Waals surface area contributed by atoms with Crippen LogP contribution in [0.15, 0.2) is 35.7 Å². The molecule has 3 aromatic rings. The lowest BCUT2D eigenvalue weighted by Crippen LogP contribution is -2.30. The third kappa shape index (κ3) is 4.53. The molecule has 0 saturated heterocycles. The molecular formula is C23H27N3O2S. The van der Waals surface area contributed by atoms with Gasteiger partial charge in [0.2, 0.25) is 0 Å². The molecule has 0 bridgehead atoms. The summed E-state index contributed by atoms with van der Waals surface area (Å²) >= 11 is 1.59. The molecule has 4 rings (SSSR count). The summed E-state index contributed by atoms with van der Waals surface area (Å²) in [5, 5.41) is 6.09. The Morgan fingerprint density at radius 3 is 2.72 bits per heavy atom. The monoisotopic (exact) mass is 409 g/mol. The molecule has 152 valence electrons. The molecule has 5 nitrogen and oxygen atoms in total. The Morgan fingerprint density at radius 1 is 1.24 bits per heavy atom. The van der Waals surface area contributed by atoms with Crippen molar-refractivity contribution in [1.82, 2.24) is 15.3 Å². The van der Waals surface area contributed by atoms with Gasteiger partial charge in [-0.25, -0.2) is 4.98 Å². The van der Waals surface area contributed by atoms with Gasteiger partial charge in [0.15, 0.2) is 0 Å².